The number of hydrogen-bond acceptors (Lipinski definition) is 3. The largest absolute Gasteiger partial charge is 0.208 e. The molecular formula is C47H37N3. The van der Waals surface area contributed by atoms with Gasteiger partial charge in [-0.05, 0) is 118 Å². The van der Waals surface area contributed by atoms with Crippen LogP contribution < -0.4 is 0 Å². The molecule has 0 radical (unpaired) electrons. The Morgan fingerprint density at radius 2 is 0.840 bits per heavy atom. The first-order chi connectivity index (χ1) is 24.7. The zero-order chi connectivity index (χ0) is 32.8. The molecule has 7 aromatic rings. The zero-order valence-corrected chi connectivity index (χ0v) is 28.0. The Labute approximate surface area is 293 Å². The van der Waals surface area contributed by atoms with Gasteiger partial charge in [-0.3, -0.25) is 0 Å². The van der Waals surface area contributed by atoms with Crippen LogP contribution in [0.15, 0.2) is 140 Å². The maximum Gasteiger partial charge on any atom is 0.164 e. The lowest BCUT2D eigenvalue weighted by Crippen LogP contribution is -2.55. The second-order valence-corrected chi connectivity index (χ2v) is 15.3. The van der Waals surface area contributed by atoms with Crippen LogP contribution in [0.5, 0.6) is 0 Å². The van der Waals surface area contributed by atoms with Gasteiger partial charge in [-0.15, -0.1) is 0 Å². The van der Waals surface area contributed by atoms with Gasteiger partial charge < -0.3 is 0 Å². The van der Waals surface area contributed by atoms with E-state index in [0.29, 0.717) is 11.6 Å². The van der Waals surface area contributed by atoms with Crippen LogP contribution in [0.25, 0.3) is 67.2 Å². The van der Waals surface area contributed by atoms with Crippen LogP contribution in [0.3, 0.4) is 0 Å². The van der Waals surface area contributed by atoms with E-state index in [-0.39, 0.29) is 5.41 Å². The van der Waals surface area contributed by atoms with Crippen LogP contribution in [-0.4, -0.2) is 15.0 Å². The first-order valence-electron chi connectivity index (χ1n) is 18.4. The minimum atomic E-state index is 0.112. The molecule has 1 aromatic heterocycles. The van der Waals surface area contributed by atoms with Crippen molar-refractivity contribution < 1.29 is 0 Å². The summed E-state index contributed by atoms with van der Waals surface area (Å²) in [5, 5.41) is 2.68. The summed E-state index contributed by atoms with van der Waals surface area (Å²) in [6.45, 7) is 0. The molecule has 4 fully saturated rings. The molecule has 240 valence electrons. The van der Waals surface area contributed by atoms with Crippen molar-refractivity contribution in [2.45, 2.75) is 37.5 Å². The molecule has 1 spiro atoms. The van der Waals surface area contributed by atoms with Crippen LogP contribution in [0.2, 0.25) is 0 Å². The molecule has 0 N–H and O–H groups in total. The van der Waals surface area contributed by atoms with E-state index in [4.69, 9.17) is 15.0 Å². The third-order valence-electron chi connectivity index (χ3n) is 12.7. The summed E-state index contributed by atoms with van der Waals surface area (Å²) in [6, 6.07) is 50.6. The van der Waals surface area contributed by atoms with E-state index in [1.807, 2.05) is 18.2 Å². The normalized spacial score (nSPS) is 24.1. The Bertz CT molecular complexity index is 2400. The highest BCUT2D eigenvalue weighted by molar-refractivity contribution is 5.95. The van der Waals surface area contributed by atoms with Gasteiger partial charge in [0, 0.05) is 22.1 Å². The van der Waals surface area contributed by atoms with Gasteiger partial charge in [0.05, 0.1) is 0 Å². The van der Waals surface area contributed by atoms with E-state index in [2.05, 4.69) is 121 Å². The van der Waals surface area contributed by atoms with Gasteiger partial charge >= 0.3 is 0 Å². The number of aromatic nitrogens is 3. The maximum absolute atomic E-state index is 5.19. The molecule has 50 heavy (non-hydrogen) atoms. The molecular weight excluding hydrogens is 607 g/mol. The highest BCUT2D eigenvalue weighted by Gasteiger charge is 2.61. The number of hydrogen-bond donors (Lipinski definition) is 0. The molecule has 4 bridgehead atoms. The monoisotopic (exact) mass is 643 g/mol. The summed E-state index contributed by atoms with van der Waals surface area (Å²) in [5.41, 5.74) is 11.4. The molecule has 4 saturated carbocycles. The van der Waals surface area contributed by atoms with Gasteiger partial charge in [0.15, 0.2) is 17.5 Å². The van der Waals surface area contributed by atoms with Crippen LogP contribution in [0.1, 0.15) is 43.2 Å². The summed E-state index contributed by atoms with van der Waals surface area (Å²) in [7, 11) is 0. The second kappa shape index (κ2) is 10.8. The van der Waals surface area contributed by atoms with E-state index in [9.17, 15) is 0 Å². The number of benzene rings is 6. The van der Waals surface area contributed by atoms with E-state index in [0.717, 1.165) is 46.2 Å². The lowest BCUT2D eigenvalue weighted by Gasteiger charge is -2.61. The van der Waals surface area contributed by atoms with Crippen molar-refractivity contribution in [2.75, 3.05) is 0 Å². The molecule has 1 heterocycles. The highest BCUT2D eigenvalue weighted by Crippen LogP contribution is 2.69. The van der Waals surface area contributed by atoms with E-state index in [1.54, 1.807) is 11.1 Å². The van der Waals surface area contributed by atoms with Gasteiger partial charge in [0.25, 0.3) is 0 Å². The van der Waals surface area contributed by atoms with Crippen LogP contribution in [-0.2, 0) is 5.41 Å². The molecule has 0 saturated heterocycles. The number of rotatable bonds is 4. The van der Waals surface area contributed by atoms with Gasteiger partial charge in [0.1, 0.15) is 0 Å². The van der Waals surface area contributed by atoms with Crippen molar-refractivity contribution in [3.8, 4) is 56.4 Å². The molecule has 5 aliphatic rings. The topological polar surface area (TPSA) is 38.7 Å². The van der Waals surface area contributed by atoms with Crippen molar-refractivity contribution in [1.82, 2.24) is 15.0 Å². The lowest BCUT2D eigenvalue weighted by atomic mass is 9.43. The Morgan fingerprint density at radius 1 is 0.380 bits per heavy atom. The molecule has 12 rings (SSSR count). The first-order valence-corrected chi connectivity index (χ1v) is 18.4. The smallest absolute Gasteiger partial charge is 0.164 e. The predicted molar refractivity (Wildman–Crippen MR) is 202 cm³/mol. The molecule has 6 aromatic carbocycles. The van der Waals surface area contributed by atoms with Crippen molar-refractivity contribution in [2.24, 2.45) is 23.7 Å². The van der Waals surface area contributed by atoms with Gasteiger partial charge in [0.2, 0.25) is 0 Å². The fourth-order valence-electron chi connectivity index (χ4n) is 10.8. The lowest BCUT2D eigenvalue weighted by molar-refractivity contribution is -0.0398. The molecule has 3 nitrogen and oxygen atoms in total. The fourth-order valence-corrected chi connectivity index (χ4v) is 10.8. The first kappa shape index (κ1) is 28.4. The van der Waals surface area contributed by atoms with E-state index < -0.39 is 0 Å². The molecule has 3 heteroatoms. The minimum absolute atomic E-state index is 0.112. The Morgan fingerprint density at radius 3 is 1.48 bits per heavy atom. The SMILES string of the molecule is c1ccc(-c2ccc(-c3nc(-c4ccccc4)nc(-c4ccc5c(c4)-c4cc6ccccc6cc4C54C5CC6CC(C5)CC4C6)n3)cc2)cc1. The van der Waals surface area contributed by atoms with E-state index >= 15 is 0 Å². The average Bonchev–Trinajstić information content (AvgIpc) is 3.45. The minimum Gasteiger partial charge on any atom is -0.208 e. The fraction of sp³-hybridized carbons (Fsp3) is 0.213. The summed E-state index contributed by atoms with van der Waals surface area (Å²) < 4.78 is 0. The molecule has 0 atom stereocenters. The Kier molecular flexibility index (Phi) is 6.14. The van der Waals surface area contributed by atoms with Crippen LogP contribution in [0.4, 0.5) is 0 Å². The molecule has 0 unspecified atom stereocenters. The quantitative estimate of drug-likeness (QED) is 0.192. The van der Waals surface area contributed by atoms with Gasteiger partial charge in [-0.2, -0.15) is 0 Å². The Balaban J connectivity index is 1.08. The van der Waals surface area contributed by atoms with Gasteiger partial charge in [-0.25, -0.2) is 15.0 Å². The van der Waals surface area contributed by atoms with Gasteiger partial charge in [-0.1, -0.05) is 121 Å². The highest BCUT2D eigenvalue weighted by atomic mass is 15.0. The summed E-state index contributed by atoms with van der Waals surface area (Å²) in [5.74, 6) is 5.38. The maximum atomic E-state index is 5.19. The summed E-state index contributed by atoms with van der Waals surface area (Å²) in [4.78, 5) is 15.4. The molecule has 0 amide bonds. The third kappa shape index (κ3) is 4.19. The average molecular weight is 644 g/mol. The van der Waals surface area contributed by atoms with E-state index in [1.165, 1.54) is 65.1 Å². The van der Waals surface area contributed by atoms with Crippen molar-refractivity contribution in [3.05, 3.63) is 151 Å². The van der Waals surface area contributed by atoms with Crippen molar-refractivity contribution in [3.63, 3.8) is 0 Å². The standard InChI is InChI=1S/C47H37N3/c1-3-9-31(10-4-1)32-15-17-34(18-16-32)45-48-44(33-11-5-2-6-12-33)49-46(50-45)37-19-20-42-40(27-37)41-26-35-13-7-8-14-36(35)28-43(41)47(42)38-22-29-21-30(24-38)25-39(47)23-29/h1-20,26-30,38-39H,21-25H2. The zero-order valence-electron chi connectivity index (χ0n) is 28.0. The molecule has 0 aliphatic heterocycles. The van der Waals surface area contributed by atoms with Crippen molar-refractivity contribution >= 4 is 10.8 Å². The Hall–Kier alpha value is -5.41. The van der Waals surface area contributed by atoms with Crippen LogP contribution >= 0.6 is 0 Å². The van der Waals surface area contributed by atoms with Crippen LogP contribution in [0, 0.1) is 23.7 Å². The number of fused-ring (bicyclic) bond motifs is 4. The summed E-state index contributed by atoms with van der Waals surface area (Å²) >= 11 is 0. The summed E-state index contributed by atoms with van der Waals surface area (Å²) in [6.07, 6.45) is 6.96. The third-order valence-corrected chi connectivity index (χ3v) is 12.7. The number of nitrogens with zero attached hydrogens (tertiary/aromatic N) is 3. The van der Waals surface area contributed by atoms with Crippen molar-refractivity contribution in [1.29, 1.82) is 0 Å². The second-order valence-electron chi connectivity index (χ2n) is 15.3. The molecule has 5 aliphatic carbocycles. The predicted octanol–water partition coefficient (Wildman–Crippen LogP) is 11.4.